The number of thiocarbonyl (C=S) groups is 1. The summed E-state index contributed by atoms with van der Waals surface area (Å²) in [6.07, 6.45) is 4.34. The normalized spacial score (nSPS) is 14.9. The monoisotopic (exact) mass is 412 g/mol. The Morgan fingerprint density at radius 3 is 2.45 bits per heavy atom. The lowest BCUT2D eigenvalue weighted by Crippen LogP contribution is -2.45. The van der Waals surface area contributed by atoms with Crippen molar-refractivity contribution in [3.05, 3.63) is 59.2 Å². The molecule has 0 aromatic heterocycles. The van der Waals surface area contributed by atoms with E-state index in [0.29, 0.717) is 17.3 Å². The summed E-state index contributed by atoms with van der Waals surface area (Å²) in [5, 5.41) is 7.39. The third-order valence-corrected chi connectivity index (χ3v) is 5.65. The fourth-order valence-electron chi connectivity index (χ4n) is 3.84. The van der Waals surface area contributed by atoms with E-state index in [1.807, 2.05) is 25.1 Å². The van der Waals surface area contributed by atoms with Gasteiger partial charge in [-0.3, -0.25) is 0 Å². The molecular weight excluding hydrogens is 384 g/mol. The first-order chi connectivity index (χ1) is 14.0. The third kappa shape index (κ3) is 4.88. The highest BCUT2D eigenvalue weighted by Gasteiger charge is 2.36. The number of methoxy groups -OCH3 is 1. The topological polar surface area (TPSA) is 59.6 Å². The summed E-state index contributed by atoms with van der Waals surface area (Å²) in [6, 6.07) is 13.6. The van der Waals surface area contributed by atoms with Crippen LogP contribution < -0.4 is 15.4 Å². The Morgan fingerprint density at radius 1 is 1.14 bits per heavy atom. The van der Waals surface area contributed by atoms with E-state index in [9.17, 15) is 4.79 Å². The van der Waals surface area contributed by atoms with E-state index in [-0.39, 0.29) is 11.5 Å². The number of hydrogen-bond acceptors (Lipinski definition) is 4. The van der Waals surface area contributed by atoms with Gasteiger partial charge in [0.05, 0.1) is 24.8 Å². The second-order valence-corrected chi connectivity index (χ2v) is 7.76. The lowest BCUT2D eigenvalue weighted by Gasteiger charge is -2.33. The van der Waals surface area contributed by atoms with E-state index < -0.39 is 0 Å². The van der Waals surface area contributed by atoms with Crippen molar-refractivity contribution in [2.24, 2.45) is 0 Å². The molecule has 2 aromatic rings. The molecular formula is C23H28N2O3S. The van der Waals surface area contributed by atoms with Crippen molar-refractivity contribution in [2.75, 3.05) is 19.0 Å². The zero-order chi connectivity index (χ0) is 20.9. The van der Waals surface area contributed by atoms with Crippen molar-refractivity contribution in [3.63, 3.8) is 0 Å². The van der Waals surface area contributed by atoms with E-state index in [2.05, 4.69) is 22.8 Å². The Morgan fingerprint density at radius 2 is 1.83 bits per heavy atom. The fourth-order valence-corrected chi connectivity index (χ4v) is 4.15. The van der Waals surface area contributed by atoms with Gasteiger partial charge in [-0.2, -0.15) is 0 Å². The summed E-state index contributed by atoms with van der Waals surface area (Å²) in [5.41, 5.74) is 3.33. The third-order valence-electron chi connectivity index (χ3n) is 5.45. The minimum absolute atomic E-state index is 0.191. The molecule has 0 amide bonds. The second-order valence-electron chi connectivity index (χ2n) is 7.35. The zero-order valence-electron chi connectivity index (χ0n) is 17.2. The Kier molecular flexibility index (Phi) is 6.75. The first-order valence-electron chi connectivity index (χ1n) is 9.99. The van der Waals surface area contributed by atoms with Crippen LogP contribution in [-0.2, 0) is 10.3 Å². The van der Waals surface area contributed by atoms with Gasteiger partial charge in [-0.25, -0.2) is 4.79 Å². The number of nitrogens with one attached hydrogen (secondary N) is 2. The molecule has 2 N–H and O–H groups in total. The molecule has 1 aliphatic carbocycles. The number of rotatable bonds is 6. The molecule has 0 bridgehead atoms. The molecule has 29 heavy (non-hydrogen) atoms. The molecule has 154 valence electrons. The molecule has 0 unspecified atom stereocenters. The molecule has 0 radical (unpaired) electrons. The summed E-state index contributed by atoms with van der Waals surface area (Å²) < 4.78 is 10.4. The van der Waals surface area contributed by atoms with Gasteiger partial charge < -0.3 is 20.1 Å². The van der Waals surface area contributed by atoms with Gasteiger partial charge in [-0.1, -0.05) is 31.0 Å². The lowest BCUT2D eigenvalue weighted by molar-refractivity contribution is 0.0526. The number of aryl methyl sites for hydroxylation is 1. The SMILES string of the molecule is CCOC(=O)c1ccc(C)c(NC(=S)NC2(c3ccc(OC)cc3)CCCC2)c1. The van der Waals surface area contributed by atoms with Gasteiger partial charge in [-0.05, 0) is 74.3 Å². The first-order valence-corrected chi connectivity index (χ1v) is 10.4. The Labute approximate surface area is 177 Å². The average Bonchev–Trinajstić information content (AvgIpc) is 3.19. The number of esters is 1. The van der Waals surface area contributed by atoms with Gasteiger partial charge in [0.25, 0.3) is 0 Å². The molecule has 0 aliphatic heterocycles. The largest absolute Gasteiger partial charge is 0.497 e. The molecule has 0 saturated heterocycles. The molecule has 1 saturated carbocycles. The first kappa shape index (κ1) is 21.1. The highest BCUT2D eigenvalue weighted by molar-refractivity contribution is 7.80. The van der Waals surface area contributed by atoms with Gasteiger partial charge in [0.2, 0.25) is 0 Å². The molecule has 5 nitrogen and oxygen atoms in total. The van der Waals surface area contributed by atoms with Crippen molar-refractivity contribution in [1.29, 1.82) is 0 Å². The van der Waals surface area contributed by atoms with Crippen LogP contribution in [0.25, 0.3) is 0 Å². The zero-order valence-corrected chi connectivity index (χ0v) is 18.0. The molecule has 0 atom stereocenters. The quantitative estimate of drug-likeness (QED) is 0.518. The van der Waals surface area contributed by atoms with Crippen molar-refractivity contribution >= 4 is 29.0 Å². The fraction of sp³-hybridized carbons (Fsp3) is 0.391. The predicted octanol–water partition coefficient (Wildman–Crippen LogP) is 4.94. The minimum atomic E-state index is -0.333. The van der Waals surface area contributed by atoms with Gasteiger partial charge in [0.1, 0.15) is 5.75 Å². The van der Waals surface area contributed by atoms with E-state index in [4.69, 9.17) is 21.7 Å². The van der Waals surface area contributed by atoms with Crippen LogP contribution in [0, 0.1) is 6.92 Å². The maximum atomic E-state index is 12.1. The van der Waals surface area contributed by atoms with Gasteiger partial charge in [0.15, 0.2) is 5.11 Å². The van der Waals surface area contributed by atoms with Crippen molar-refractivity contribution in [2.45, 2.75) is 45.1 Å². The highest BCUT2D eigenvalue weighted by atomic mass is 32.1. The van der Waals surface area contributed by atoms with Crippen molar-refractivity contribution < 1.29 is 14.3 Å². The maximum Gasteiger partial charge on any atom is 0.338 e. The maximum absolute atomic E-state index is 12.1. The van der Waals surface area contributed by atoms with Gasteiger partial charge >= 0.3 is 5.97 Å². The van der Waals surface area contributed by atoms with Crippen LogP contribution in [0.5, 0.6) is 5.75 Å². The van der Waals surface area contributed by atoms with E-state index in [1.165, 1.54) is 5.56 Å². The number of hydrogen-bond donors (Lipinski definition) is 2. The summed E-state index contributed by atoms with van der Waals surface area (Å²) in [5.74, 6) is 0.508. The molecule has 0 heterocycles. The summed E-state index contributed by atoms with van der Waals surface area (Å²) >= 11 is 5.65. The van der Waals surface area contributed by atoms with Crippen LogP contribution >= 0.6 is 12.2 Å². The van der Waals surface area contributed by atoms with Gasteiger partial charge in [0, 0.05) is 5.69 Å². The smallest absolute Gasteiger partial charge is 0.338 e. The Balaban J connectivity index is 1.77. The summed E-state index contributed by atoms with van der Waals surface area (Å²) in [4.78, 5) is 12.1. The van der Waals surface area contributed by atoms with Crippen LogP contribution in [0.15, 0.2) is 42.5 Å². The minimum Gasteiger partial charge on any atom is -0.497 e. The van der Waals surface area contributed by atoms with Gasteiger partial charge in [-0.15, -0.1) is 0 Å². The number of benzene rings is 2. The lowest BCUT2D eigenvalue weighted by atomic mass is 9.88. The molecule has 6 heteroatoms. The molecule has 0 spiro atoms. The Hall–Kier alpha value is -2.60. The number of anilines is 1. The van der Waals surface area contributed by atoms with E-state index >= 15 is 0 Å². The van der Waals surface area contributed by atoms with Crippen molar-refractivity contribution in [3.8, 4) is 5.75 Å². The predicted molar refractivity (Wildman–Crippen MR) is 120 cm³/mol. The molecule has 1 aliphatic rings. The van der Waals surface area contributed by atoms with Crippen LogP contribution in [0.4, 0.5) is 5.69 Å². The molecule has 3 rings (SSSR count). The molecule has 1 fully saturated rings. The summed E-state index contributed by atoms with van der Waals surface area (Å²) in [6.45, 7) is 4.12. The van der Waals surface area contributed by atoms with Crippen LogP contribution in [-0.4, -0.2) is 24.8 Å². The standard InChI is InChI=1S/C23H28N2O3S/c1-4-28-21(26)17-8-7-16(2)20(15-17)24-22(29)25-23(13-5-6-14-23)18-9-11-19(27-3)12-10-18/h7-12,15H,4-6,13-14H2,1-3H3,(H2,24,25,29). The van der Waals surface area contributed by atoms with Crippen molar-refractivity contribution in [1.82, 2.24) is 5.32 Å². The second kappa shape index (κ2) is 9.27. The van der Waals surface area contributed by atoms with Crippen LogP contribution in [0.3, 0.4) is 0 Å². The van der Waals surface area contributed by atoms with E-state index in [0.717, 1.165) is 42.7 Å². The van der Waals surface area contributed by atoms with Crippen LogP contribution in [0.2, 0.25) is 0 Å². The highest BCUT2D eigenvalue weighted by Crippen LogP contribution is 2.39. The Bertz CT molecular complexity index is 874. The van der Waals surface area contributed by atoms with Crippen LogP contribution in [0.1, 0.15) is 54.1 Å². The number of ether oxygens (including phenoxy) is 2. The molecule has 2 aromatic carbocycles. The average molecular weight is 413 g/mol. The summed E-state index contributed by atoms with van der Waals surface area (Å²) in [7, 11) is 1.67. The number of carbonyl (C=O) groups excluding carboxylic acids is 1. The van der Waals surface area contributed by atoms with E-state index in [1.54, 1.807) is 26.2 Å². The number of carbonyl (C=O) groups is 1.